The highest BCUT2D eigenvalue weighted by Crippen LogP contribution is 2.23. The molecule has 1 aromatic rings. The van der Waals surface area contributed by atoms with Crippen LogP contribution in [0.25, 0.3) is 0 Å². The second kappa shape index (κ2) is 5.88. The zero-order chi connectivity index (χ0) is 11.3. The summed E-state index contributed by atoms with van der Waals surface area (Å²) < 4.78 is 1.01. The maximum Gasteiger partial charge on any atom is 0.225 e. The Morgan fingerprint density at radius 1 is 1.47 bits per heavy atom. The molecule has 0 aromatic heterocycles. The van der Waals surface area contributed by atoms with Gasteiger partial charge in [0.15, 0.2) is 0 Å². The van der Waals surface area contributed by atoms with Crippen molar-refractivity contribution in [3.63, 3.8) is 0 Å². The molecular formula is C11H15BrN2O. The Hall–Kier alpha value is -0.870. The van der Waals surface area contributed by atoms with Gasteiger partial charge >= 0.3 is 0 Å². The fourth-order valence-corrected chi connectivity index (χ4v) is 1.56. The highest BCUT2D eigenvalue weighted by atomic mass is 79.9. The average molecular weight is 271 g/mol. The maximum absolute atomic E-state index is 11.5. The first-order chi connectivity index (χ1) is 7.15. The van der Waals surface area contributed by atoms with Crippen molar-refractivity contribution in [3.8, 4) is 0 Å². The van der Waals surface area contributed by atoms with Gasteiger partial charge in [0.1, 0.15) is 0 Å². The summed E-state index contributed by atoms with van der Waals surface area (Å²) in [5, 5.41) is 5.82. The number of amides is 1. The van der Waals surface area contributed by atoms with Crippen molar-refractivity contribution >= 4 is 27.5 Å². The second-order valence-electron chi connectivity index (χ2n) is 3.31. The molecule has 0 spiro atoms. The topological polar surface area (TPSA) is 41.1 Å². The molecule has 15 heavy (non-hydrogen) atoms. The van der Waals surface area contributed by atoms with E-state index < -0.39 is 0 Å². The molecule has 1 rings (SSSR count). The number of hydrogen-bond acceptors (Lipinski definition) is 2. The smallest absolute Gasteiger partial charge is 0.225 e. The van der Waals surface area contributed by atoms with Crippen molar-refractivity contribution < 1.29 is 4.79 Å². The summed E-state index contributed by atoms with van der Waals surface area (Å²) in [5.41, 5.74) is 1.92. The molecule has 0 aliphatic rings. The van der Waals surface area contributed by atoms with Crippen LogP contribution in [0.15, 0.2) is 22.7 Å². The minimum Gasteiger partial charge on any atom is -0.326 e. The van der Waals surface area contributed by atoms with Crippen LogP contribution >= 0.6 is 15.9 Å². The minimum absolute atomic E-state index is 0.0329. The maximum atomic E-state index is 11.5. The van der Waals surface area contributed by atoms with E-state index in [-0.39, 0.29) is 5.91 Å². The zero-order valence-corrected chi connectivity index (χ0v) is 10.5. The molecule has 0 radical (unpaired) electrons. The molecule has 1 aromatic carbocycles. The van der Waals surface area contributed by atoms with E-state index in [1.165, 1.54) is 0 Å². The van der Waals surface area contributed by atoms with Gasteiger partial charge in [-0.1, -0.05) is 22.0 Å². The Morgan fingerprint density at radius 2 is 2.20 bits per heavy atom. The van der Waals surface area contributed by atoms with E-state index in [4.69, 9.17) is 0 Å². The number of hydrogen-bond donors (Lipinski definition) is 2. The Labute approximate surface area is 98.4 Å². The Morgan fingerprint density at radius 3 is 2.87 bits per heavy atom. The van der Waals surface area contributed by atoms with E-state index in [1.54, 1.807) is 0 Å². The normalized spacial score (nSPS) is 10.1. The van der Waals surface area contributed by atoms with Crippen LogP contribution in [-0.2, 0) is 4.79 Å². The first kappa shape index (κ1) is 12.2. The van der Waals surface area contributed by atoms with Crippen LogP contribution in [0.3, 0.4) is 0 Å². The van der Waals surface area contributed by atoms with Crippen molar-refractivity contribution in [3.05, 3.63) is 28.2 Å². The second-order valence-corrected chi connectivity index (χ2v) is 4.17. The van der Waals surface area contributed by atoms with Gasteiger partial charge in [0.05, 0.1) is 0 Å². The molecular weight excluding hydrogens is 256 g/mol. The monoisotopic (exact) mass is 270 g/mol. The predicted octanol–water partition coefficient (Wildman–Crippen LogP) is 2.31. The molecule has 0 heterocycles. The lowest BCUT2D eigenvalue weighted by Gasteiger charge is -2.09. The number of benzene rings is 1. The molecule has 4 heteroatoms. The van der Waals surface area contributed by atoms with Crippen LogP contribution in [0.1, 0.15) is 12.0 Å². The summed E-state index contributed by atoms with van der Waals surface area (Å²) in [6.45, 7) is 2.66. The van der Waals surface area contributed by atoms with Crippen LogP contribution in [0.2, 0.25) is 0 Å². The largest absolute Gasteiger partial charge is 0.326 e. The first-order valence-corrected chi connectivity index (χ1v) is 5.64. The predicted molar refractivity (Wildman–Crippen MR) is 66.1 cm³/mol. The number of carbonyl (C=O) groups is 1. The fraction of sp³-hybridized carbons (Fsp3) is 0.364. The number of halogens is 1. The molecule has 0 bridgehead atoms. The van der Waals surface area contributed by atoms with Gasteiger partial charge in [-0.3, -0.25) is 4.79 Å². The fourth-order valence-electron chi connectivity index (χ4n) is 1.19. The van der Waals surface area contributed by atoms with Gasteiger partial charge in [0.2, 0.25) is 5.91 Å². The molecule has 0 saturated carbocycles. The number of anilines is 1. The van der Waals surface area contributed by atoms with E-state index in [0.717, 1.165) is 15.7 Å². The summed E-state index contributed by atoms with van der Waals surface area (Å²) in [5.74, 6) is 0.0329. The standard InChI is InChI=1S/C11H15BrN2O/c1-8-9(12)4-3-5-10(8)14-11(15)6-7-13-2/h3-5,13H,6-7H2,1-2H3,(H,14,15). The van der Waals surface area contributed by atoms with Crippen molar-refractivity contribution in [1.82, 2.24) is 5.32 Å². The lowest BCUT2D eigenvalue weighted by atomic mass is 10.2. The van der Waals surface area contributed by atoms with Gasteiger partial charge in [-0.15, -0.1) is 0 Å². The molecule has 3 nitrogen and oxygen atoms in total. The highest BCUT2D eigenvalue weighted by molar-refractivity contribution is 9.10. The minimum atomic E-state index is 0.0329. The summed E-state index contributed by atoms with van der Waals surface area (Å²) in [4.78, 5) is 11.5. The van der Waals surface area contributed by atoms with E-state index in [9.17, 15) is 4.79 Å². The molecule has 0 saturated heterocycles. The lowest BCUT2D eigenvalue weighted by Crippen LogP contribution is -2.19. The van der Waals surface area contributed by atoms with Gasteiger partial charge in [-0.05, 0) is 31.7 Å². The van der Waals surface area contributed by atoms with Crippen LogP contribution in [0, 0.1) is 6.92 Å². The van der Waals surface area contributed by atoms with Crippen LogP contribution in [0.4, 0.5) is 5.69 Å². The quantitative estimate of drug-likeness (QED) is 0.882. The van der Waals surface area contributed by atoms with Gasteiger partial charge in [0, 0.05) is 23.1 Å². The van der Waals surface area contributed by atoms with Crippen molar-refractivity contribution in [2.24, 2.45) is 0 Å². The average Bonchev–Trinajstić information content (AvgIpc) is 2.22. The summed E-state index contributed by atoms with van der Waals surface area (Å²) >= 11 is 3.42. The number of carbonyl (C=O) groups excluding carboxylic acids is 1. The molecule has 82 valence electrons. The summed E-state index contributed by atoms with van der Waals surface area (Å²) in [6, 6.07) is 5.76. The van der Waals surface area contributed by atoms with Crippen LogP contribution < -0.4 is 10.6 Å². The third-order valence-corrected chi connectivity index (χ3v) is 3.00. The zero-order valence-electron chi connectivity index (χ0n) is 8.93. The van der Waals surface area contributed by atoms with Gasteiger partial charge in [-0.25, -0.2) is 0 Å². The molecule has 0 fully saturated rings. The number of rotatable bonds is 4. The van der Waals surface area contributed by atoms with Crippen LogP contribution in [0.5, 0.6) is 0 Å². The lowest BCUT2D eigenvalue weighted by molar-refractivity contribution is -0.116. The molecule has 1 amide bonds. The van der Waals surface area contributed by atoms with Gasteiger partial charge < -0.3 is 10.6 Å². The van der Waals surface area contributed by atoms with E-state index in [2.05, 4.69) is 26.6 Å². The van der Waals surface area contributed by atoms with Crippen molar-refractivity contribution in [2.45, 2.75) is 13.3 Å². The van der Waals surface area contributed by atoms with Crippen molar-refractivity contribution in [2.75, 3.05) is 18.9 Å². The van der Waals surface area contributed by atoms with Crippen molar-refractivity contribution in [1.29, 1.82) is 0 Å². The third-order valence-electron chi connectivity index (χ3n) is 2.14. The van der Waals surface area contributed by atoms with E-state index >= 15 is 0 Å². The first-order valence-electron chi connectivity index (χ1n) is 4.84. The highest BCUT2D eigenvalue weighted by Gasteiger charge is 2.05. The third kappa shape index (κ3) is 3.64. The van der Waals surface area contributed by atoms with Crippen LogP contribution in [-0.4, -0.2) is 19.5 Å². The number of nitrogens with one attached hydrogen (secondary N) is 2. The SMILES string of the molecule is CNCCC(=O)Nc1cccc(Br)c1C. The van der Waals surface area contributed by atoms with E-state index in [1.807, 2.05) is 32.2 Å². The molecule has 0 aliphatic carbocycles. The molecule has 2 N–H and O–H groups in total. The Bertz CT molecular complexity index is 352. The molecule has 0 aliphatic heterocycles. The van der Waals surface area contributed by atoms with Gasteiger partial charge in [-0.2, -0.15) is 0 Å². The molecule has 0 unspecified atom stereocenters. The Kier molecular flexibility index (Phi) is 4.78. The Balaban J connectivity index is 2.64. The molecule has 0 atom stereocenters. The van der Waals surface area contributed by atoms with E-state index in [0.29, 0.717) is 13.0 Å². The summed E-state index contributed by atoms with van der Waals surface area (Å²) in [7, 11) is 1.83. The van der Waals surface area contributed by atoms with Gasteiger partial charge in [0.25, 0.3) is 0 Å². The summed E-state index contributed by atoms with van der Waals surface area (Å²) in [6.07, 6.45) is 0.489.